The van der Waals surface area contributed by atoms with Crippen molar-refractivity contribution in [1.29, 1.82) is 0 Å². The van der Waals surface area contributed by atoms with Gasteiger partial charge >= 0.3 is 11.9 Å². The van der Waals surface area contributed by atoms with E-state index >= 15 is 0 Å². The van der Waals surface area contributed by atoms with Crippen molar-refractivity contribution < 1.29 is 29.6 Å². The Morgan fingerprint density at radius 2 is 1.65 bits per heavy atom. The Kier molecular flexibility index (Phi) is 10.5. The van der Waals surface area contributed by atoms with Crippen molar-refractivity contribution in [2.75, 3.05) is 13.2 Å². The predicted octanol–water partition coefficient (Wildman–Crippen LogP) is 1.41. The van der Waals surface area contributed by atoms with E-state index in [1.54, 1.807) is 0 Å². The highest BCUT2D eigenvalue weighted by Gasteiger charge is 2.17. The molecular formula is C16H29NO6. The van der Waals surface area contributed by atoms with Gasteiger partial charge in [-0.3, -0.25) is 0 Å². The zero-order chi connectivity index (χ0) is 17.9. The molecule has 1 fully saturated rings. The SMILES string of the molecule is CC(C)(C)NCC(O)COC1CCCC1.O=C(O)/C=C/C(=O)O. The Hall–Kier alpha value is -1.44. The third-order valence-electron chi connectivity index (χ3n) is 3.06. The fraction of sp³-hybridized carbons (Fsp3) is 0.750. The van der Waals surface area contributed by atoms with E-state index in [2.05, 4.69) is 26.1 Å². The Labute approximate surface area is 137 Å². The smallest absolute Gasteiger partial charge is 0.328 e. The fourth-order valence-corrected chi connectivity index (χ4v) is 1.93. The molecule has 7 nitrogen and oxygen atoms in total. The summed E-state index contributed by atoms with van der Waals surface area (Å²) < 4.78 is 5.64. The lowest BCUT2D eigenvalue weighted by Crippen LogP contribution is -2.42. The number of carboxylic acids is 2. The molecule has 0 amide bonds. The van der Waals surface area contributed by atoms with Gasteiger partial charge in [0.1, 0.15) is 0 Å². The number of aliphatic hydroxyl groups is 1. The summed E-state index contributed by atoms with van der Waals surface area (Å²) >= 11 is 0. The molecule has 23 heavy (non-hydrogen) atoms. The lowest BCUT2D eigenvalue weighted by atomic mass is 10.1. The highest BCUT2D eigenvalue weighted by atomic mass is 16.5. The predicted molar refractivity (Wildman–Crippen MR) is 86.4 cm³/mol. The summed E-state index contributed by atoms with van der Waals surface area (Å²) in [6, 6.07) is 0. The largest absolute Gasteiger partial charge is 0.478 e. The first-order chi connectivity index (χ1) is 10.6. The maximum absolute atomic E-state index is 9.69. The maximum Gasteiger partial charge on any atom is 0.328 e. The lowest BCUT2D eigenvalue weighted by molar-refractivity contribution is -0.134. The van der Waals surface area contributed by atoms with Gasteiger partial charge < -0.3 is 25.4 Å². The van der Waals surface area contributed by atoms with Crippen LogP contribution in [0.2, 0.25) is 0 Å². The third kappa shape index (κ3) is 15.2. The van der Waals surface area contributed by atoms with Crippen molar-refractivity contribution in [3.05, 3.63) is 12.2 Å². The van der Waals surface area contributed by atoms with Gasteiger partial charge in [-0.05, 0) is 33.6 Å². The van der Waals surface area contributed by atoms with E-state index in [1.807, 2.05) is 0 Å². The second-order valence-electron chi connectivity index (χ2n) is 6.53. The van der Waals surface area contributed by atoms with E-state index in [4.69, 9.17) is 14.9 Å². The van der Waals surface area contributed by atoms with E-state index in [0.717, 1.165) is 0 Å². The molecule has 0 aliphatic heterocycles. The first-order valence-electron chi connectivity index (χ1n) is 7.79. The second kappa shape index (κ2) is 11.2. The van der Waals surface area contributed by atoms with Crippen molar-refractivity contribution in [2.45, 2.75) is 64.2 Å². The summed E-state index contributed by atoms with van der Waals surface area (Å²) in [6.07, 6.45) is 6.02. The molecule has 0 heterocycles. The van der Waals surface area contributed by atoms with Crippen LogP contribution >= 0.6 is 0 Å². The van der Waals surface area contributed by atoms with Gasteiger partial charge in [0.2, 0.25) is 0 Å². The Morgan fingerprint density at radius 1 is 1.17 bits per heavy atom. The molecule has 0 radical (unpaired) electrons. The number of aliphatic hydroxyl groups excluding tert-OH is 1. The molecule has 1 unspecified atom stereocenters. The van der Waals surface area contributed by atoms with Crippen LogP contribution in [-0.2, 0) is 14.3 Å². The molecule has 4 N–H and O–H groups in total. The van der Waals surface area contributed by atoms with Crippen LogP contribution in [0.3, 0.4) is 0 Å². The van der Waals surface area contributed by atoms with E-state index in [1.165, 1.54) is 25.7 Å². The van der Waals surface area contributed by atoms with E-state index in [-0.39, 0.29) is 11.6 Å². The molecule has 0 saturated heterocycles. The highest BCUT2D eigenvalue weighted by Crippen LogP contribution is 2.20. The molecule has 1 atom stereocenters. The molecule has 1 aliphatic carbocycles. The average Bonchev–Trinajstić information content (AvgIpc) is 2.94. The number of carbonyl (C=O) groups is 2. The van der Waals surface area contributed by atoms with Gasteiger partial charge in [0, 0.05) is 24.2 Å². The molecule has 1 rings (SSSR count). The normalized spacial score (nSPS) is 16.9. The van der Waals surface area contributed by atoms with Crippen molar-refractivity contribution >= 4 is 11.9 Å². The molecule has 0 spiro atoms. The number of aliphatic carboxylic acids is 2. The van der Waals surface area contributed by atoms with Gasteiger partial charge in [-0.2, -0.15) is 0 Å². The van der Waals surface area contributed by atoms with Crippen molar-refractivity contribution in [3.8, 4) is 0 Å². The van der Waals surface area contributed by atoms with Crippen LogP contribution in [0.4, 0.5) is 0 Å². The van der Waals surface area contributed by atoms with Gasteiger partial charge in [-0.25, -0.2) is 9.59 Å². The molecule has 134 valence electrons. The summed E-state index contributed by atoms with van der Waals surface area (Å²) in [5.74, 6) is -2.51. The molecule has 1 saturated carbocycles. The van der Waals surface area contributed by atoms with E-state index in [9.17, 15) is 14.7 Å². The average molecular weight is 331 g/mol. The standard InChI is InChI=1S/C12H25NO2.C4H4O4/c1-12(2,3)13-8-10(14)9-15-11-6-4-5-7-11;5-3(6)1-2-4(7)8/h10-11,13-14H,4-9H2,1-3H3;1-2H,(H,5,6)(H,7,8)/b;2-1+. The van der Waals surface area contributed by atoms with Gasteiger partial charge in [-0.15, -0.1) is 0 Å². The van der Waals surface area contributed by atoms with Crippen LogP contribution in [0.1, 0.15) is 46.5 Å². The Balaban J connectivity index is 0.000000515. The minimum absolute atomic E-state index is 0.0638. The fourth-order valence-electron chi connectivity index (χ4n) is 1.93. The Morgan fingerprint density at radius 3 is 2.04 bits per heavy atom. The van der Waals surface area contributed by atoms with Crippen LogP contribution in [0.5, 0.6) is 0 Å². The number of ether oxygens (including phenoxy) is 1. The molecule has 0 aromatic heterocycles. The van der Waals surface area contributed by atoms with Crippen molar-refractivity contribution in [2.24, 2.45) is 0 Å². The number of carboxylic acid groups (broad SMARTS) is 2. The van der Waals surface area contributed by atoms with Crippen molar-refractivity contribution in [1.82, 2.24) is 5.32 Å². The maximum atomic E-state index is 9.69. The number of nitrogens with one attached hydrogen (secondary N) is 1. The number of hydrogen-bond donors (Lipinski definition) is 4. The number of β-amino-alcohol motifs (C(OH)–C–C–N with tert-alkyl or cyclic N) is 1. The summed E-state index contributed by atoms with van der Waals surface area (Å²) in [5, 5.41) is 28.6. The molecule has 1 aliphatic rings. The second-order valence-corrected chi connectivity index (χ2v) is 6.53. The molecule has 0 aromatic rings. The van der Waals surface area contributed by atoms with Crippen LogP contribution in [0, 0.1) is 0 Å². The van der Waals surface area contributed by atoms with Crippen LogP contribution < -0.4 is 5.32 Å². The van der Waals surface area contributed by atoms with Gasteiger partial charge in [0.15, 0.2) is 0 Å². The molecule has 0 aromatic carbocycles. The zero-order valence-corrected chi connectivity index (χ0v) is 14.1. The summed E-state index contributed by atoms with van der Waals surface area (Å²) in [5.41, 5.74) is 0.0638. The van der Waals surface area contributed by atoms with Gasteiger partial charge in [0.25, 0.3) is 0 Å². The minimum atomic E-state index is -1.26. The van der Waals surface area contributed by atoms with Gasteiger partial charge in [-0.1, -0.05) is 12.8 Å². The summed E-state index contributed by atoms with van der Waals surface area (Å²) in [4.78, 5) is 19.1. The van der Waals surface area contributed by atoms with Crippen LogP contribution in [-0.4, -0.2) is 58.2 Å². The topological polar surface area (TPSA) is 116 Å². The number of rotatable bonds is 7. The number of hydrogen-bond acceptors (Lipinski definition) is 5. The lowest BCUT2D eigenvalue weighted by Gasteiger charge is -2.23. The molecule has 7 heteroatoms. The summed E-state index contributed by atoms with van der Waals surface area (Å²) in [7, 11) is 0. The first kappa shape index (κ1) is 21.6. The van der Waals surface area contributed by atoms with Crippen LogP contribution in [0.15, 0.2) is 12.2 Å². The molecule has 0 bridgehead atoms. The first-order valence-corrected chi connectivity index (χ1v) is 7.79. The van der Waals surface area contributed by atoms with E-state index < -0.39 is 11.9 Å². The van der Waals surface area contributed by atoms with Crippen molar-refractivity contribution in [3.63, 3.8) is 0 Å². The summed E-state index contributed by atoms with van der Waals surface area (Å²) in [6.45, 7) is 7.36. The van der Waals surface area contributed by atoms with Gasteiger partial charge in [0.05, 0.1) is 18.8 Å². The monoisotopic (exact) mass is 331 g/mol. The third-order valence-corrected chi connectivity index (χ3v) is 3.06. The minimum Gasteiger partial charge on any atom is -0.478 e. The zero-order valence-electron chi connectivity index (χ0n) is 14.1. The van der Waals surface area contributed by atoms with Crippen LogP contribution in [0.25, 0.3) is 0 Å². The highest BCUT2D eigenvalue weighted by molar-refractivity contribution is 5.89. The quantitative estimate of drug-likeness (QED) is 0.521. The Bertz CT molecular complexity index is 367. The van der Waals surface area contributed by atoms with E-state index in [0.29, 0.717) is 31.4 Å². The molecular weight excluding hydrogens is 302 g/mol.